The van der Waals surface area contributed by atoms with Crippen LogP contribution in [0.2, 0.25) is 0 Å². The number of carbonyl (C=O) groups is 1. The highest BCUT2D eigenvalue weighted by molar-refractivity contribution is 7.11. The lowest BCUT2D eigenvalue weighted by molar-refractivity contribution is -0.138. The smallest absolute Gasteiger partial charge is 0.225 e. The second-order valence-corrected chi connectivity index (χ2v) is 7.89. The Kier molecular flexibility index (Phi) is 11.5. The normalized spacial score (nSPS) is 23.8. The fourth-order valence-electron chi connectivity index (χ4n) is 3.54. The van der Waals surface area contributed by atoms with E-state index in [2.05, 4.69) is 14.8 Å². The Labute approximate surface area is 173 Å². The third-order valence-electron chi connectivity index (χ3n) is 4.80. The van der Waals surface area contributed by atoms with Crippen molar-refractivity contribution in [1.82, 2.24) is 14.8 Å². The summed E-state index contributed by atoms with van der Waals surface area (Å²) >= 11 is 1.76. The third kappa shape index (κ3) is 6.85. The highest BCUT2D eigenvalue weighted by Gasteiger charge is 2.30. The van der Waals surface area contributed by atoms with Crippen molar-refractivity contribution in [2.45, 2.75) is 45.2 Å². The van der Waals surface area contributed by atoms with E-state index >= 15 is 0 Å². The first-order valence-corrected chi connectivity index (χ1v) is 9.11. The Morgan fingerprint density at radius 1 is 1.24 bits per heavy atom. The molecule has 1 aromatic rings. The number of aromatic nitrogens is 1. The minimum atomic E-state index is 0. The molecule has 1 amide bonds. The Hall–Kier alpha value is -0.110. The number of amides is 1. The summed E-state index contributed by atoms with van der Waals surface area (Å²) in [7, 11) is 0. The summed E-state index contributed by atoms with van der Waals surface area (Å²) in [5.74, 6) is 0.503. The van der Waals surface area contributed by atoms with Crippen molar-refractivity contribution in [1.29, 1.82) is 0 Å². The lowest BCUT2D eigenvalue weighted by Crippen LogP contribution is -2.50. The molecule has 2 heterocycles. The van der Waals surface area contributed by atoms with Gasteiger partial charge in [0.05, 0.1) is 5.01 Å². The molecule has 0 bridgehead atoms. The fourth-order valence-corrected chi connectivity index (χ4v) is 4.37. The van der Waals surface area contributed by atoms with Gasteiger partial charge in [-0.15, -0.1) is 48.6 Å². The van der Waals surface area contributed by atoms with E-state index in [0.29, 0.717) is 5.91 Å². The average molecular weight is 432 g/mol. The number of hydrogen-bond acceptors (Lipinski definition) is 5. The quantitative estimate of drug-likeness (QED) is 0.799. The van der Waals surface area contributed by atoms with Crippen molar-refractivity contribution >= 4 is 54.5 Å². The van der Waals surface area contributed by atoms with E-state index in [1.807, 2.05) is 13.1 Å². The van der Waals surface area contributed by atoms with Gasteiger partial charge in [-0.05, 0) is 26.2 Å². The van der Waals surface area contributed by atoms with Crippen molar-refractivity contribution in [3.05, 3.63) is 16.1 Å². The minimum absolute atomic E-state index is 0. The van der Waals surface area contributed by atoms with Gasteiger partial charge in [-0.1, -0.05) is 6.42 Å². The van der Waals surface area contributed by atoms with Crippen LogP contribution in [0.25, 0.3) is 0 Å². The third-order valence-corrected chi connectivity index (χ3v) is 5.69. The predicted octanol–water partition coefficient (Wildman–Crippen LogP) is 2.88. The summed E-state index contributed by atoms with van der Waals surface area (Å²) in [6.45, 7) is 6.62. The van der Waals surface area contributed by atoms with Crippen LogP contribution in [0.15, 0.2) is 6.20 Å². The second-order valence-electron chi connectivity index (χ2n) is 6.57. The molecule has 5 nitrogen and oxygen atoms in total. The standard InChI is InChI=1S/C16H26N4OS.3ClH/c1-12-18-10-15(22-12)11-19-5-7-20(8-6-19)16(21)13-3-2-4-14(17)9-13;;;/h10,13-14H,2-9,11,17H2,1H3;3*1H. The number of thiazole rings is 1. The summed E-state index contributed by atoms with van der Waals surface area (Å²) < 4.78 is 0. The zero-order valence-electron chi connectivity index (χ0n) is 14.6. The molecule has 2 unspecified atom stereocenters. The minimum Gasteiger partial charge on any atom is -0.340 e. The molecule has 2 N–H and O–H groups in total. The molecule has 0 aromatic carbocycles. The van der Waals surface area contributed by atoms with Gasteiger partial charge < -0.3 is 10.6 Å². The monoisotopic (exact) mass is 430 g/mol. The van der Waals surface area contributed by atoms with E-state index in [1.165, 1.54) is 4.88 Å². The van der Waals surface area contributed by atoms with Gasteiger partial charge in [0.25, 0.3) is 0 Å². The van der Waals surface area contributed by atoms with Crippen LogP contribution in [0.1, 0.15) is 35.6 Å². The van der Waals surface area contributed by atoms with Gasteiger partial charge in [0.2, 0.25) is 5.91 Å². The van der Waals surface area contributed by atoms with Crippen LogP contribution < -0.4 is 5.73 Å². The van der Waals surface area contributed by atoms with Crippen LogP contribution >= 0.6 is 48.6 Å². The van der Waals surface area contributed by atoms with Gasteiger partial charge in [-0.25, -0.2) is 4.98 Å². The maximum Gasteiger partial charge on any atom is 0.225 e. The van der Waals surface area contributed by atoms with E-state index in [1.54, 1.807) is 11.3 Å². The molecule has 2 fully saturated rings. The molecule has 1 saturated heterocycles. The molecule has 25 heavy (non-hydrogen) atoms. The average Bonchev–Trinajstić information content (AvgIpc) is 2.92. The molecule has 0 spiro atoms. The first-order chi connectivity index (χ1) is 10.6. The zero-order valence-corrected chi connectivity index (χ0v) is 17.8. The largest absolute Gasteiger partial charge is 0.340 e. The topological polar surface area (TPSA) is 62.5 Å². The highest BCUT2D eigenvalue weighted by atomic mass is 35.5. The molecule has 0 radical (unpaired) electrons. The van der Waals surface area contributed by atoms with Crippen molar-refractivity contribution in [3.63, 3.8) is 0 Å². The fraction of sp³-hybridized carbons (Fsp3) is 0.750. The Bertz CT molecular complexity index is 523. The number of hydrogen-bond donors (Lipinski definition) is 1. The number of rotatable bonds is 3. The maximum atomic E-state index is 12.6. The predicted molar refractivity (Wildman–Crippen MR) is 110 cm³/mol. The first-order valence-electron chi connectivity index (χ1n) is 8.30. The van der Waals surface area contributed by atoms with Crippen LogP contribution in [0, 0.1) is 12.8 Å². The molecule has 2 aliphatic rings. The molecule has 1 saturated carbocycles. The molecule has 1 aliphatic heterocycles. The van der Waals surface area contributed by atoms with Crippen LogP contribution in [-0.2, 0) is 11.3 Å². The lowest BCUT2D eigenvalue weighted by atomic mass is 9.85. The Balaban J connectivity index is 0.00000192. The van der Waals surface area contributed by atoms with E-state index in [9.17, 15) is 4.79 Å². The van der Waals surface area contributed by atoms with Crippen molar-refractivity contribution < 1.29 is 4.79 Å². The highest BCUT2D eigenvalue weighted by Crippen LogP contribution is 2.25. The summed E-state index contributed by atoms with van der Waals surface area (Å²) in [5.41, 5.74) is 6.02. The molecular weight excluding hydrogens is 403 g/mol. The maximum absolute atomic E-state index is 12.6. The van der Waals surface area contributed by atoms with Crippen molar-refractivity contribution in [2.75, 3.05) is 26.2 Å². The van der Waals surface area contributed by atoms with Gasteiger partial charge in [-0.2, -0.15) is 0 Å². The van der Waals surface area contributed by atoms with Crippen LogP contribution in [0.4, 0.5) is 0 Å². The Morgan fingerprint density at radius 2 is 1.92 bits per heavy atom. The zero-order chi connectivity index (χ0) is 15.5. The lowest BCUT2D eigenvalue weighted by Gasteiger charge is -2.37. The van der Waals surface area contributed by atoms with Crippen LogP contribution in [0.3, 0.4) is 0 Å². The van der Waals surface area contributed by atoms with Gasteiger partial charge in [0.1, 0.15) is 0 Å². The molecule has 2 atom stereocenters. The summed E-state index contributed by atoms with van der Waals surface area (Å²) in [6, 6.07) is 0.221. The SMILES string of the molecule is Cc1ncc(CN2CCN(C(=O)C3CCCC(N)C3)CC2)s1.Cl.Cl.Cl. The van der Waals surface area contributed by atoms with E-state index < -0.39 is 0 Å². The van der Waals surface area contributed by atoms with E-state index in [-0.39, 0.29) is 49.2 Å². The summed E-state index contributed by atoms with van der Waals surface area (Å²) in [4.78, 5) is 22.7. The molecule has 1 aliphatic carbocycles. The summed E-state index contributed by atoms with van der Waals surface area (Å²) in [5, 5.41) is 1.12. The molecule has 146 valence electrons. The van der Waals surface area contributed by atoms with E-state index in [0.717, 1.165) is 63.4 Å². The molecule has 3 rings (SSSR count). The first kappa shape index (κ1) is 24.9. The van der Waals surface area contributed by atoms with Gasteiger partial charge in [0.15, 0.2) is 0 Å². The van der Waals surface area contributed by atoms with Crippen molar-refractivity contribution in [3.8, 4) is 0 Å². The van der Waals surface area contributed by atoms with Gasteiger partial charge in [-0.3, -0.25) is 9.69 Å². The number of piperazine rings is 1. The van der Waals surface area contributed by atoms with Crippen LogP contribution in [-0.4, -0.2) is 52.9 Å². The number of halogens is 3. The van der Waals surface area contributed by atoms with Crippen LogP contribution in [0.5, 0.6) is 0 Å². The number of aryl methyl sites for hydroxylation is 1. The number of nitrogens with zero attached hydrogens (tertiary/aromatic N) is 3. The number of carbonyl (C=O) groups excluding carboxylic acids is 1. The summed E-state index contributed by atoms with van der Waals surface area (Å²) in [6.07, 6.45) is 6.04. The Morgan fingerprint density at radius 3 is 2.48 bits per heavy atom. The van der Waals surface area contributed by atoms with Crippen molar-refractivity contribution in [2.24, 2.45) is 11.7 Å². The molecule has 9 heteroatoms. The van der Waals surface area contributed by atoms with Gasteiger partial charge >= 0.3 is 0 Å². The molecule has 1 aromatic heterocycles. The van der Waals surface area contributed by atoms with Gasteiger partial charge in [0, 0.05) is 55.8 Å². The second kappa shape index (κ2) is 11.6. The molecular formula is C16H29Cl3N4OS. The van der Waals surface area contributed by atoms with E-state index in [4.69, 9.17) is 5.73 Å². The number of nitrogens with two attached hydrogens (primary N) is 1.